The Morgan fingerprint density at radius 1 is 1.47 bits per heavy atom. The van der Waals surface area contributed by atoms with Gasteiger partial charge in [0.25, 0.3) is 0 Å². The lowest BCUT2D eigenvalue weighted by Crippen LogP contribution is -2.35. The number of nitrogens with zero attached hydrogens (tertiary/aromatic N) is 2. The molecule has 0 radical (unpaired) electrons. The van der Waals surface area contributed by atoms with Crippen LogP contribution in [0.2, 0.25) is 0 Å². The van der Waals surface area contributed by atoms with E-state index >= 15 is 0 Å². The van der Waals surface area contributed by atoms with Crippen molar-refractivity contribution in [2.45, 2.75) is 25.8 Å². The van der Waals surface area contributed by atoms with E-state index in [4.69, 9.17) is 10.5 Å². The zero-order chi connectivity index (χ0) is 14.0. The normalized spacial score (nSPS) is 13.1. The Hall–Kier alpha value is -1.72. The van der Waals surface area contributed by atoms with Gasteiger partial charge in [0.15, 0.2) is 5.78 Å². The number of aromatic nitrogens is 2. The summed E-state index contributed by atoms with van der Waals surface area (Å²) in [7, 11) is 1.53. The number of carbonyl (C=O) groups is 1. The lowest BCUT2D eigenvalue weighted by molar-refractivity contribution is 0.0892. The van der Waals surface area contributed by atoms with Crippen molar-refractivity contribution in [3.05, 3.63) is 35.7 Å². The Bertz CT molecular complexity index is 589. The lowest BCUT2D eigenvalue weighted by atomic mass is 9.98. The van der Waals surface area contributed by atoms with Gasteiger partial charge < -0.3 is 10.5 Å². The van der Waals surface area contributed by atoms with Crippen LogP contribution in [0.25, 0.3) is 5.52 Å². The van der Waals surface area contributed by atoms with E-state index in [0.29, 0.717) is 5.56 Å². The van der Waals surface area contributed by atoms with E-state index in [9.17, 15) is 4.79 Å². The van der Waals surface area contributed by atoms with Crippen LogP contribution in [0.15, 0.2) is 24.4 Å². The first-order valence-electron chi connectivity index (χ1n) is 6.32. The van der Waals surface area contributed by atoms with Crippen LogP contribution in [0.5, 0.6) is 0 Å². The maximum Gasteiger partial charge on any atom is 0.185 e. The van der Waals surface area contributed by atoms with Crippen LogP contribution in [0, 0.1) is 0 Å². The Balaban J connectivity index is 2.56. The highest BCUT2D eigenvalue weighted by Gasteiger charge is 2.25. The fraction of sp³-hybridized carbons (Fsp3) is 0.429. The standard InChI is InChI=1S/C14H19N3O2/c1-9(2)13-12(14(18)10(15)8-19-3)11-6-4-5-7-17(11)16-13/h4-7,9-10H,8,15H2,1-3H3. The van der Waals surface area contributed by atoms with Crippen LogP contribution in [-0.2, 0) is 4.74 Å². The van der Waals surface area contributed by atoms with Crippen molar-refractivity contribution in [1.82, 2.24) is 9.61 Å². The molecule has 0 amide bonds. The second-order valence-corrected chi connectivity index (χ2v) is 4.87. The third-order valence-corrected chi connectivity index (χ3v) is 3.04. The molecule has 0 aliphatic heterocycles. The number of fused-ring (bicyclic) bond motifs is 1. The minimum absolute atomic E-state index is 0.119. The van der Waals surface area contributed by atoms with Gasteiger partial charge in [-0.2, -0.15) is 5.10 Å². The van der Waals surface area contributed by atoms with Gasteiger partial charge in [-0.1, -0.05) is 19.9 Å². The molecule has 0 spiro atoms. The van der Waals surface area contributed by atoms with E-state index < -0.39 is 6.04 Å². The van der Waals surface area contributed by atoms with Gasteiger partial charge in [0, 0.05) is 13.3 Å². The minimum Gasteiger partial charge on any atom is -0.383 e. The molecule has 19 heavy (non-hydrogen) atoms. The molecule has 1 atom stereocenters. The monoisotopic (exact) mass is 261 g/mol. The Labute approximate surface area is 112 Å². The van der Waals surface area contributed by atoms with E-state index in [-0.39, 0.29) is 18.3 Å². The summed E-state index contributed by atoms with van der Waals surface area (Å²) in [5, 5.41) is 4.48. The van der Waals surface area contributed by atoms with Gasteiger partial charge in [0.05, 0.1) is 29.4 Å². The number of ether oxygens (including phenoxy) is 1. The topological polar surface area (TPSA) is 69.6 Å². The van der Waals surface area contributed by atoms with Crippen molar-refractivity contribution in [3.63, 3.8) is 0 Å². The third-order valence-electron chi connectivity index (χ3n) is 3.04. The summed E-state index contributed by atoms with van der Waals surface area (Å²) in [6, 6.07) is 4.99. The molecule has 102 valence electrons. The minimum atomic E-state index is -0.657. The van der Waals surface area contributed by atoms with E-state index in [1.54, 1.807) is 4.52 Å². The fourth-order valence-corrected chi connectivity index (χ4v) is 2.11. The zero-order valence-electron chi connectivity index (χ0n) is 11.5. The molecule has 0 saturated carbocycles. The van der Waals surface area contributed by atoms with Crippen molar-refractivity contribution in [1.29, 1.82) is 0 Å². The van der Waals surface area contributed by atoms with Gasteiger partial charge >= 0.3 is 0 Å². The largest absolute Gasteiger partial charge is 0.383 e. The zero-order valence-corrected chi connectivity index (χ0v) is 11.5. The predicted octanol–water partition coefficient (Wildman–Crippen LogP) is 1.61. The van der Waals surface area contributed by atoms with E-state index in [2.05, 4.69) is 5.10 Å². The van der Waals surface area contributed by atoms with Gasteiger partial charge in [-0.05, 0) is 18.1 Å². The molecule has 5 heteroatoms. The van der Waals surface area contributed by atoms with Gasteiger partial charge in [-0.3, -0.25) is 4.79 Å². The van der Waals surface area contributed by atoms with Crippen molar-refractivity contribution in [2.75, 3.05) is 13.7 Å². The quantitative estimate of drug-likeness (QED) is 0.830. The highest BCUT2D eigenvalue weighted by Crippen LogP contribution is 2.23. The molecule has 1 unspecified atom stereocenters. The fourth-order valence-electron chi connectivity index (χ4n) is 2.11. The van der Waals surface area contributed by atoms with Gasteiger partial charge in [0.2, 0.25) is 0 Å². The molecule has 2 heterocycles. The SMILES string of the molecule is COCC(N)C(=O)c1c(C(C)C)nn2ccccc12. The lowest BCUT2D eigenvalue weighted by Gasteiger charge is -2.10. The molecule has 0 saturated heterocycles. The molecule has 0 aromatic carbocycles. The van der Waals surface area contributed by atoms with E-state index in [0.717, 1.165) is 11.2 Å². The number of hydrogen-bond donors (Lipinski definition) is 1. The van der Waals surface area contributed by atoms with Crippen molar-refractivity contribution < 1.29 is 9.53 Å². The molecular weight excluding hydrogens is 242 g/mol. The summed E-state index contributed by atoms with van der Waals surface area (Å²) in [5.41, 5.74) is 8.05. The highest BCUT2D eigenvalue weighted by molar-refractivity contribution is 6.06. The third kappa shape index (κ3) is 2.52. The number of carbonyl (C=O) groups excluding carboxylic acids is 1. The van der Waals surface area contributed by atoms with Crippen LogP contribution in [0.4, 0.5) is 0 Å². The summed E-state index contributed by atoms with van der Waals surface area (Å²) in [4.78, 5) is 12.5. The number of ketones is 1. The summed E-state index contributed by atoms with van der Waals surface area (Å²) in [6.45, 7) is 4.24. The Morgan fingerprint density at radius 3 is 2.84 bits per heavy atom. The van der Waals surface area contributed by atoms with Crippen LogP contribution in [0.3, 0.4) is 0 Å². The Kier molecular flexibility index (Phi) is 3.97. The van der Waals surface area contributed by atoms with Crippen LogP contribution in [-0.4, -0.2) is 35.2 Å². The van der Waals surface area contributed by atoms with E-state index in [1.165, 1.54) is 7.11 Å². The molecule has 0 aliphatic rings. The first kappa shape index (κ1) is 13.7. The molecule has 2 rings (SSSR count). The average molecular weight is 261 g/mol. The smallest absolute Gasteiger partial charge is 0.185 e. The number of pyridine rings is 1. The maximum absolute atomic E-state index is 12.5. The number of methoxy groups -OCH3 is 1. The highest BCUT2D eigenvalue weighted by atomic mass is 16.5. The molecule has 5 nitrogen and oxygen atoms in total. The maximum atomic E-state index is 12.5. The predicted molar refractivity (Wildman–Crippen MR) is 73.5 cm³/mol. The van der Waals surface area contributed by atoms with Crippen LogP contribution >= 0.6 is 0 Å². The average Bonchev–Trinajstić information content (AvgIpc) is 2.77. The molecule has 2 aromatic rings. The second kappa shape index (κ2) is 5.50. The number of Topliss-reactive ketones (excluding diaryl/α,β-unsaturated/α-hetero) is 1. The Morgan fingerprint density at radius 2 is 2.21 bits per heavy atom. The van der Waals surface area contributed by atoms with Crippen molar-refractivity contribution in [3.8, 4) is 0 Å². The van der Waals surface area contributed by atoms with Crippen molar-refractivity contribution in [2.24, 2.45) is 5.73 Å². The summed E-state index contributed by atoms with van der Waals surface area (Å²) < 4.78 is 6.69. The first-order valence-corrected chi connectivity index (χ1v) is 6.32. The number of rotatable bonds is 5. The van der Waals surface area contributed by atoms with Crippen molar-refractivity contribution >= 4 is 11.3 Å². The van der Waals surface area contributed by atoms with Gasteiger partial charge in [-0.25, -0.2) is 4.52 Å². The molecule has 2 aromatic heterocycles. The summed E-state index contributed by atoms with van der Waals surface area (Å²) >= 11 is 0. The first-order chi connectivity index (χ1) is 9.06. The van der Waals surface area contributed by atoms with Gasteiger partial charge in [0.1, 0.15) is 0 Å². The molecule has 0 fully saturated rings. The number of nitrogens with two attached hydrogens (primary N) is 1. The molecule has 0 bridgehead atoms. The molecular formula is C14H19N3O2. The summed E-state index contributed by atoms with van der Waals surface area (Å²) in [5.74, 6) is 0.0420. The van der Waals surface area contributed by atoms with Crippen LogP contribution < -0.4 is 5.73 Å². The van der Waals surface area contributed by atoms with Gasteiger partial charge in [-0.15, -0.1) is 0 Å². The van der Waals surface area contributed by atoms with E-state index in [1.807, 2.05) is 38.2 Å². The summed E-state index contributed by atoms with van der Waals surface area (Å²) in [6.07, 6.45) is 1.83. The second-order valence-electron chi connectivity index (χ2n) is 4.87. The molecule has 2 N–H and O–H groups in total. The number of hydrogen-bond acceptors (Lipinski definition) is 4. The molecule has 0 aliphatic carbocycles. The van der Waals surface area contributed by atoms with Crippen LogP contribution in [0.1, 0.15) is 35.8 Å².